The molecule has 0 bridgehead atoms. The molecule has 0 atom stereocenters. The van der Waals surface area contributed by atoms with Crippen LogP contribution in [0.2, 0.25) is 0 Å². The molecule has 8 nitrogen and oxygen atoms in total. The third-order valence-electron chi connectivity index (χ3n) is 4.02. The van der Waals surface area contributed by atoms with E-state index in [0.717, 1.165) is 24.6 Å². The Kier molecular flexibility index (Phi) is 5.30. The quantitative estimate of drug-likeness (QED) is 0.620. The molecule has 0 aliphatic carbocycles. The van der Waals surface area contributed by atoms with Gasteiger partial charge in [-0.25, -0.2) is 4.39 Å². The third kappa shape index (κ3) is 4.20. The van der Waals surface area contributed by atoms with Gasteiger partial charge in [-0.15, -0.1) is 0 Å². The number of carbonyl (C=O) groups is 2. The van der Waals surface area contributed by atoms with E-state index in [2.05, 4.69) is 5.32 Å². The van der Waals surface area contributed by atoms with Crippen molar-refractivity contribution in [3.8, 4) is 5.75 Å². The van der Waals surface area contributed by atoms with Crippen LogP contribution in [-0.4, -0.2) is 29.9 Å². The Morgan fingerprint density at radius 2 is 2.07 bits per heavy atom. The Hall–Kier alpha value is -3.49. The number of hydrogen-bond donors (Lipinski definition) is 1. The number of anilines is 2. The summed E-state index contributed by atoms with van der Waals surface area (Å²) in [5.74, 6) is -1.66. The zero-order valence-electron chi connectivity index (χ0n) is 14.2. The summed E-state index contributed by atoms with van der Waals surface area (Å²) >= 11 is 0. The second-order valence-electron chi connectivity index (χ2n) is 5.87. The lowest BCUT2D eigenvalue weighted by Gasteiger charge is -2.20. The summed E-state index contributed by atoms with van der Waals surface area (Å²) in [6.45, 7) is 0.0181. The van der Waals surface area contributed by atoms with E-state index in [9.17, 15) is 24.1 Å². The molecule has 1 aliphatic rings. The fraction of sp³-hybridized carbons (Fsp3) is 0.222. The Labute approximate surface area is 153 Å². The average molecular weight is 373 g/mol. The summed E-state index contributed by atoms with van der Waals surface area (Å²) in [5.41, 5.74) is 0.562. The summed E-state index contributed by atoms with van der Waals surface area (Å²) in [7, 11) is 0. The molecule has 1 saturated heterocycles. The van der Waals surface area contributed by atoms with Gasteiger partial charge in [-0.3, -0.25) is 19.7 Å². The molecule has 2 aromatic carbocycles. The maximum Gasteiger partial charge on any atom is 0.311 e. The first-order valence-electron chi connectivity index (χ1n) is 8.21. The molecule has 0 aromatic heterocycles. The fourth-order valence-corrected chi connectivity index (χ4v) is 2.80. The zero-order chi connectivity index (χ0) is 19.4. The van der Waals surface area contributed by atoms with Gasteiger partial charge in [-0.2, -0.15) is 0 Å². The number of para-hydroxylation sites is 2. The van der Waals surface area contributed by atoms with Crippen molar-refractivity contribution < 1.29 is 23.6 Å². The first-order chi connectivity index (χ1) is 13.0. The summed E-state index contributed by atoms with van der Waals surface area (Å²) in [5, 5.41) is 13.6. The van der Waals surface area contributed by atoms with Crippen molar-refractivity contribution in [2.75, 3.05) is 23.4 Å². The van der Waals surface area contributed by atoms with Crippen LogP contribution in [0, 0.1) is 15.9 Å². The first-order valence-corrected chi connectivity index (χ1v) is 8.21. The van der Waals surface area contributed by atoms with Crippen LogP contribution in [0.3, 0.4) is 0 Å². The molecule has 1 aliphatic heterocycles. The number of nitro benzene ring substituents is 1. The van der Waals surface area contributed by atoms with Gasteiger partial charge in [0, 0.05) is 25.1 Å². The zero-order valence-corrected chi connectivity index (χ0v) is 14.2. The van der Waals surface area contributed by atoms with Gasteiger partial charge in [0.1, 0.15) is 5.82 Å². The minimum absolute atomic E-state index is 0.0247. The smallest absolute Gasteiger partial charge is 0.311 e. The summed E-state index contributed by atoms with van der Waals surface area (Å²) in [6, 6.07) is 9.58. The van der Waals surface area contributed by atoms with E-state index < -0.39 is 28.9 Å². The van der Waals surface area contributed by atoms with E-state index in [-0.39, 0.29) is 11.7 Å². The molecule has 2 aromatic rings. The molecule has 0 saturated carbocycles. The standard InChI is InChI=1S/C18H16FN3O5/c19-12-7-8-15(22(25)26)16(10-12)27-11-17(23)20-13-4-1-2-5-14(13)21-9-3-6-18(21)24/h1-2,4-5,7-8,10H,3,6,9,11H2,(H,20,23). The largest absolute Gasteiger partial charge is 0.477 e. The highest BCUT2D eigenvalue weighted by molar-refractivity contribution is 6.02. The van der Waals surface area contributed by atoms with E-state index in [1.807, 2.05) is 0 Å². The Morgan fingerprint density at radius 3 is 2.78 bits per heavy atom. The third-order valence-corrected chi connectivity index (χ3v) is 4.02. The van der Waals surface area contributed by atoms with E-state index >= 15 is 0 Å². The minimum atomic E-state index is -0.721. The number of halogens is 1. The maximum atomic E-state index is 13.3. The topological polar surface area (TPSA) is 102 Å². The van der Waals surface area contributed by atoms with Crippen LogP contribution in [0.15, 0.2) is 42.5 Å². The second-order valence-corrected chi connectivity index (χ2v) is 5.87. The summed E-state index contributed by atoms with van der Waals surface area (Å²) < 4.78 is 18.4. The van der Waals surface area contributed by atoms with Crippen LogP contribution in [0.25, 0.3) is 0 Å². The molecular weight excluding hydrogens is 357 g/mol. The van der Waals surface area contributed by atoms with Gasteiger partial charge < -0.3 is 15.0 Å². The Morgan fingerprint density at radius 1 is 1.30 bits per heavy atom. The van der Waals surface area contributed by atoms with Crippen LogP contribution in [-0.2, 0) is 9.59 Å². The van der Waals surface area contributed by atoms with Gasteiger partial charge in [-0.1, -0.05) is 12.1 Å². The van der Waals surface area contributed by atoms with Crippen LogP contribution < -0.4 is 15.0 Å². The number of nitrogens with zero attached hydrogens (tertiary/aromatic N) is 2. The molecule has 2 amide bonds. The van der Waals surface area contributed by atoms with Crippen molar-refractivity contribution in [1.29, 1.82) is 0 Å². The van der Waals surface area contributed by atoms with Crippen molar-refractivity contribution >= 4 is 28.9 Å². The highest BCUT2D eigenvalue weighted by Crippen LogP contribution is 2.30. The molecular formula is C18H16FN3O5. The van der Waals surface area contributed by atoms with Crippen LogP contribution in [0.1, 0.15) is 12.8 Å². The van der Waals surface area contributed by atoms with Gasteiger partial charge in [0.25, 0.3) is 5.91 Å². The van der Waals surface area contributed by atoms with E-state index in [4.69, 9.17) is 4.74 Å². The van der Waals surface area contributed by atoms with Crippen molar-refractivity contribution in [3.05, 3.63) is 58.4 Å². The molecule has 0 unspecified atom stereocenters. The number of amides is 2. The van der Waals surface area contributed by atoms with Crippen molar-refractivity contribution in [2.45, 2.75) is 12.8 Å². The second kappa shape index (κ2) is 7.81. The van der Waals surface area contributed by atoms with Crippen molar-refractivity contribution in [3.63, 3.8) is 0 Å². The molecule has 140 valence electrons. The van der Waals surface area contributed by atoms with E-state index in [0.29, 0.717) is 24.3 Å². The summed E-state index contributed by atoms with van der Waals surface area (Å²) in [6.07, 6.45) is 1.20. The van der Waals surface area contributed by atoms with E-state index in [1.165, 1.54) is 0 Å². The number of rotatable bonds is 6. The number of nitrogens with one attached hydrogen (secondary N) is 1. The number of ether oxygens (including phenoxy) is 1. The number of nitro groups is 1. The lowest BCUT2D eigenvalue weighted by atomic mass is 10.2. The molecule has 9 heteroatoms. The molecule has 27 heavy (non-hydrogen) atoms. The highest BCUT2D eigenvalue weighted by Gasteiger charge is 2.24. The number of hydrogen-bond acceptors (Lipinski definition) is 5. The van der Waals surface area contributed by atoms with Crippen LogP contribution in [0.5, 0.6) is 5.75 Å². The van der Waals surface area contributed by atoms with Gasteiger partial charge in [0.05, 0.1) is 16.3 Å². The predicted octanol–water partition coefficient (Wildman–Crippen LogP) is 2.88. The molecule has 1 fully saturated rings. The normalized spacial score (nSPS) is 13.5. The van der Waals surface area contributed by atoms with Crippen LogP contribution in [0.4, 0.5) is 21.5 Å². The van der Waals surface area contributed by atoms with Crippen LogP contribution >= 0.6 is 0 Å². The fourth-order valence-electron chi connectivity index (χ4n) is 2.80. The maximum absolute atomic E-state index is 13.3. The Bertz CT molecular complexity index is 902. The minimum Gasteiger partial charge on any atom is -0.477 e. The Balaban J connectivity index is 1.70. The van der Waals surface area contributed by atoms with E-state index in [1.54, 1.807) is 29.2 Å². The van der Waals surface area contributed by atoms with Gasteiger partial charge in [0.15, 0.2) is 6.61 Å². The lowest BCUT2D eigenvalue weighted by Crippen LogP contribution is -2.27. The predicted molar refractivity (Wildman–Crippen MR) is 95.2 cm³/mol. The first kappa shape index (κ1) is 18.3. The molecule has 1 heterocycles. The van der Waals surface area contributed by atoms with Crippen molar-refractivity contribution in [2.24, 2.45) is 0 Å². The average Bonchev–Trinajstić information content (AvgIpc) is 3.06. The van der Waals surface area contributed by atoms with Crippen molar-refractivity contribution in [1.82, 2.24) is 0 Å². The highest BCUT2D eigenvalue weighted by atomic mass is 19.1. The lowest BCUT2D eigenvalue weighted by molar-refractivity contribution is -0.385. The number of carbonyl (C=O) groups excluding carboxylic acids is 2. The SMILES string of the molecule is O=C(COc1cc(F)ccc1[N+](=O)[O-])Nc1ccccc1N1CCCC1=O. The monoisotopic (exact) mass is 373 g/mol. The molecule has 0 spiro atoms. The molecule has 0 radical (unpaired) electrons. The van der Waals surface area contributed by atoms with Gasteiger partial charge in [0.2, 0.25) is 11.7 Å². The summed E-state index contributed by atoms with van der Waals surface area (Å²) in [4.78, 5) is 36.0. The number of benzene rings is 2. The molecule has 1 N–H and O–H groups in total. The molecule has 3 rings (SSSR count). The van der Waals surface area contributed by atoms with Gasteiger partial charge in [-0.05, 0) is 24.6 Å². The van der Waals surface area contributed by atoms with Gasteiger partial charge >= 0.3 is 5.69 Å².